The highest BCUT2D eigenvalue weighted by molar-refractivity contribution is 5.92. The van der Waals surface area contributed by atoms with Crippen LogP contribution in [0.15, 0.2) is 78.9 Å². The molecule has 0 aliphatic rings. The summed E-state index contributed by atoms with van der Waals surface area (Å²) in [5, 5.41) is 5.91. The van der Waals surface area contributed by atoms with Gasteiger partial charge in [0.1, 0.15) is 17.7 Å². The molecule has 0 saturated heterocycles. The Bertz CT molecular complexity index is 1300. The molecule has 7 nitrogen and oxygen atoms in total. The predicted octanol–water partition coefficient (Wildman–Crippen LogP) is 6.43. The number of amides is 3. The molecule has 3 rings (SSSR count). The number of carbonyl (C=O) groups excluding carboxylic acids is 3. The summed E-state index contributed by atoms with van der Waals surface area (Å²) < 4.78 is 5.54. The van der Waals surface area contributed by atoms with Crippen molar-refractivity contribution in [2.75, 3.05) is 6.54 Å². The van der Waals surface area contributed by atoms with Gasteiger partial charge in [-0.1, -0.05) is 92.2 Å². The minimum atomic E-state index is -0.937. The second kappa shape index (κ2) is 15.2. The lowest BCUT2D eigenvalue weighted by atomic mass is 9.93. The third-order valence-electron chi connectivity index (χ3n) is 6.99. The summed E-state index contributed by atoms with van der Waals surface area (Å²) in [6, 6.07) is 23.3. The summed E-state index contributed by atoms with van der Waals surface area (Å²) in [4.78, 5) is 43.3. The number of carbonyl (C=O) groups is 3. The van der Waals surface area contributed by atoms with Crippen molar-refractivity contribution in [3.05, 3.63) is 107 Å². The van der Waals surface area contributed by atoms with Gasteiger partial charge in [-0.25, -0.2) is 4.79 Å². The van der Waals surface area contributed by atoms with Crippen LogP contribution in [-0.4, -0.2) is 41.0 Å². The molecule has 7 heteroatoms. The van der Waals surface area contributed by atoms with Crippen molar-refractivity contribution in [3.63, 3.8) is 0 Å². The topological polar surface area (TPSA) is 87.7 Å². The number of aryl methyl sites for hydroxylation is 2. The van der Waals surface area contributed by atoms with Crippen molar-refractivity contribution in [1.82, 2.24) is 15.5 Å². The fourth-order valence-corrected chi connectivity index (χ4v) is 4.96. The SMILES string of the molecule is CCCCN(C(=O)C(Cc1ccccc1)NC(=O)OC(C)(C)C)C(C(=O)NCc1ccccc1)c1c(C)cccc1C. The van der Waals surface area contributed by atoms with Crippen LogP contribution < -0.4 is 10.6 Å². The van der Waals surface area contributed by atoms with Crippen LogP contribution in [0.5, 0.6) is 0 Å². The molecule has 0 heterocycles. The molecule has 0 aromatic heterocycles. The number of benzene rings is 3. The molecule has 3 aromatic carbocycles. The number of ether oxygens (including phenoxy) is 1. The van der Waals surface area contributed by atoms with Gasteiger partial charge in [-0.3, -0.25) is 9.59 Å². The molecule has 224 valence electrons. The van der Waals surface area contributed by atoms with E-state index >= 15 is 0 Å². The molecule has 0 fully saturated rings. The number of hydrogen-bond acceptors (Lipinski definition) is 4. The van der Waals surface area contributed by atoms with E-state index in [2.05, 4.69) is 10.6 Å². The molecule has 3 amide bonds. The van der Waals surface area contributed by atoms with Crippen LogP contribution in [0.3, 0.4) is 0 Å². The zero-order chi connectivity index (χ0) is 30.7. The van der Waals surface area contributed by atoms with E-state index in [4.69, 9.17) is 4.74 Å². The van der Waals surface area contributed by atoms with Crippen LogP contribution in [0.1, 0.15) is 74.4 Å². The molecule has 3 aromatic rings. The first-order valence-electron chi connectivity index (χ1n) is 14.7. The summed E-state index contributed by atoms with van der Waals surface area (Å²) >= 11 is 0. The van der Waals surface area contributed by atoms with Crippen LogP contribution in [0.25, 0.3) is 0 Å². The van der Waals surface area contributed by atoms with Crippen LogP contribution >= 0.6 is 0 Å². The summed E-state index contributed by atoms with van der Waals surface area (Å²) in [6.07, 6.45) is 1.11. The number of nitrogens with one attached hydrogen (secondary N) is 2. The molecule has 42 heavy (non-hydrogen) atoms. The van der Waals surface area contributed by atoms with Crippen LogP contribution in [0, 0.1) is 13.8 Å². The average Bonchev–Trinajstić information content (AvgIpc) is 2.94. The molecular weight excluding hydrogens is 526 g/mol. The van der Waals surface area contributed by atoms with Gasteiger partial charge in [-0.15, -0.1) is 0 Å². The molecule has 0 bridgehead atoms. The van der Waals surface area contributed by atoms with Crippen LogP contribution in [0.4, 0.5) is 4.79 Å². The first-order chi connectivity index (χ1) is 20.0. The third kappa shape index (κ3) is 9.47. The highest BCUT2D eigenvalue weighted by Gasteiger charge is 2.37. The molecule has 0 saturated carbocycles. The van der Waals surface area contributed by atoms with Crippen LogP contribution in [0.2, 0.25) is 0 Å². The van der Waals surface area contributed by atoms with E-state index < -0.39 is 23.8 Å². The molecular formula is C35H45N3O4. The van der Waals surface area contributed by atoms with Crippen molar-refractivity contribution in [3.8, 4) is 0 Å². The quantitative estimate of drug-likeness (QED) is 0.262. The average molecular weight is 572 g/mol. The largest absolute Gasteiger partial charge is 0.444 e. The van der Waals surface area contributed by atoms with E-state index in [1.165, 1.54) is 0 Å². The van der Waals surface area contributed by atoms with Gasteiger partial charge in [-0.2, -0.15) is 0 Å². The van der Waals surface area contributed by atoms with Gasteiger partial charge < -0.3 is 20.3 Å². The molecule has 2 N–H and O–H groups in total. The molecule has 0 aliphatic carbocycles. The Morgan fingerprint density at radius 2 is 1.40 bits per heavy atom. The lowest BCUT2D eigenvalue weighted by Gasteiger charge is -2.36. The Kier molecular flexibility index (Phi) is 11.7. The van der Waals surface area contributed by atoms with Crippen molar-refractivity contribution in [1.29, 1.82) is 0 Å². The Morgan fingerprint density at radius 1 is 0.833 bits per heavy atom. The highest BCUT2D eigenvalue weighted by Crippen LogP contribution is 2.29. The molecule has 2 unspecified atom stereocenters. The minimum Gasteiger partial charge on any atom is -0.444 e. The molecule has 2 atom stereocenters. The van der Waals surface area contributed by atoms with E-state index in [0.717, 1.165) is 34.2 Å². The summed E-state index contributed by atoms with van der Waals surface area (Å²) in [7, 11) is 0. The van der Waals surface area contributed by atoms with Gasteiger partial charge in [0.2, 0.25) is 11.8 Å². The fourth-order valence-electron chi connectivity index (χ4n) is 4.96. The smallest absolute Gasteiger partial charge is 0.408 e. The Labute approximate surface area is 250 Å². The van der Waals surface area contributed by atoms with E-state index in [0.29, 0.717) is 19.5 Å². The van der Waals surface area contributed by atoms with Gasteiger partial charge in [0, 0.05) is 19.5 Å². The second-order valence-corrected chi connectivity index (χ2v) is 11.7. The summed E-state index contributed by atoms with van der Waals surface area (Å²) in [6.45, 7) is 12.0. The maximum Gasteiger partial charge on any atom is 0.408 e. The first kappa shape index (κ1) is 32.4. The molecule has 0 spiro atoms. The normalized spacial score (nSPS) is 12.6. The standard InChI is InChI=1S/C35H45N3O4/c1-7-8-22-38(33(40)29(23-27-18-11-9-12-19-27)37-34(41)42-35(4,5)6)31(30-25(2)16-15-17-26(30)3)32(39)36-24-28-20-13-10-14-21-28/h9-21,29,31H,7-8,22-24H2,1-6H3,(H,36,39)(H,37,41). The number of unbranched alkanes of at least 4 members (excludes halogenated alkanes) is 1. The zero-order valence-electron chi connectivity index (χ0n) is 25.8. The highest BCUT2D eigenvalue weighted by atomic mass is 16.6. The minimum absolute atomic E-state index is 0.257. The van der Waals surface area contributed by atoms with Crippen molar-refractivity contribution in [2.45, 2.75) is 85.0 Å². The van der Waals surface area contributed by atoms with Crippen molar-refractivity contribution in [2.24, 2.45) is 0 Å². The zero-order valence-corrected chi connectivity index (χ0v) is 25.8. The summed E-state index contributed by atoms with van der Waals surface area (Å²) in [5.74, 6) is -0.600. The van der Waals surface area contributed by atoms with Crippen molar-refractivity contribution >= 4 is 17.9 Å². The Morgan fingerprint density at radius 3 is 1.95 bits per heavy atom. The van der Waals surface area contributed by atoms with Crippen molar-refractivity contribution < 1.29 is 19.1 Å². The Balaban J connectivity index is 2.05. The van der Waals surface area contributed by atoms with Gasteiger partial charge in [0.15, 0.2) is 0 Å². The summed E-state index contributed by atoms with van der Waals surface area (Å²) in [5.41, 5.74) is 3.76. The van der Waals surface area contributed by atoms with Gasteiger partial charge in [-0.05, 0) is 68.9 Å². The third-order valence-corrected chi connectivity index (χ3v) is 6.99. The van der Waals surface area contributed by atoms with Gasteiger partial charge in [0.25, 0.3) is 0 Å². The van der Waals surface area contributed by atoms with E-state index in [9.17, 15) is 14.4 Å². The van der Waals surface area contributed by atoms with E-state index in [-0.39, 0.29) is 18.2 Å². The predicted molar refractivity (Wildman–Crippen MR) is 167 cm³/mol. The first-order valence-corrected chi connectivity index (χ1v) is 14.7. The number of rotatable bonds is 12. The second-order valence-electron chi connectivity index (χ2n) is 11.7. The van der Waals surface area contributed by atoms with Gasteiger partial charge >= 0.3 is 6.09 Å². The molecule has 0 radical (unpaired) electrons. The number of nitrogens with zero attached hydrogens (tertiary/aromatic N) is 1. The van der Waals surface area contributed by atoms with E-state index in [1.807, 2.05) is 99.6 Å². The van der Waals surface area contributed by atoms with Gasteiger partial charge in [0.05, 0.1) is 0 Å². The van der Waals surface area contributed by atoms with Crippen LogP contribution in [-0.2, 0) is 27.3 Å². The monoisotopic (exact) mass is 571 g/mol. The number of alkyl carbamates (subject to hydrolysis) is 1. The van der Waals surface area contributed by atoms with E-state index in [1.54, 1.807) is 25.7 Å². The maximum atomic E-state index is 14.5. The number of hydrogen-bond donors (Lipinski definition) is 2. The Hall–Kier alpha value is -4.13. The molecule has 0 aliphatic heterocycles. The maximum absolute atomic E-state index is 14.5. The fraction of sp³-hybridized carbons (Fsp3) is 0.400. The lowest BCUT2D eigenvalue weighted by Crippen LogP contribution is -2.54. The lowest BCUT2D eigenvalue weighted by molar-refractivity contribution is -0.142.